The van der Waals surface area contributed by atoms with Gasteiger partial charge in [-0.25, -0.2) is 0 Å². The number of ether oxygens (including phenoxy) is 2. The van der Waals surface area contributed by atoms with Crippen LogP contribution in [-0.4, -0.2) is 31.7 Å². The van der Waals surface area contributed by atoms with Crippen LogP contribution in [0.4, 0.5) is 0 Å². The molecule has 1 aromatic rings. The molecule has 136 valence electrons. The monoisotopic (exact) mass is 356 g/mol. The minimum atomic E-state index is 0. The summed E-state index contributed by atoms with van der Waals surface area (Å²) in [5, 5.41) is 3.02. The number of carbonyl (C=O) groups excluding carboxylic acids is 1. The molecule has 1 saturated carbocycles. The van der Waals surface area contributed by atoms with Crippen LogP contribution in [0.15, 0.2) is 18.2 Å². The number of hydrogen-bond acceptors (Lipinski definition) is 4. The largest absolute Gasteiger partial charge is 0.490 e. The van der Waals surface area contributed by atoms with E-state index in [0.717, 1.165) is 42.7 Å². The molecule has 0 aliphatic heterocycles. The van der Waals surface area contributed by atoms with Crippen LogP contribution in [0.25, 0.3) is 0 Å². The van der Waals surface area contributed by atoms with Gasteiger partial charge in [-0.1, -0.05) is 6.07 Å². The Morgan fingerprint density at radius 3 is 2.54 bits per heavy atom. The molecule has 5 nitrogen and oxygen atoms in total. The first kappa shape index (κ1) is 20.6. The second-order valence-electron chi connectivity index (χ2n) is 5.96. The third-order valence-electron chi connectivity index (χ3n) is 4.16. The molecule has 1 aromatic carbocycles. The van der Waals surface area contributed by atoms with E-state index in [-0.39, 0.29) is 30.3 Å². The first-order valence-electron chi connectivity index (χ1n) is 8.55. The van der Waals surface area contributed by atoms with Gasteiger partial charge in [0, 0.05) is 18.5 Å². The van der Waals surface area contributed by atoms with Gasteiger partial charge in [-0.05, 0) is 57.2 Å². The van der Waals surface area contributed by atoms with Crippen molar-refractivity contribution in [2.24, 2.45) is 11.7 Å². The predicted octanol–water partition coefficient (Wildman–Crippen LogP) is 2.69. The quantitative estimate of drug-likeness (QED) is 0.751. The van der Waals surface area contributed by atoms with Crippen LogP contribution < -0.4 is 20.5 Å². The van der Waals surface area contributed by atoms with Crippen molar-refractivity contribution >= 4 is 18.3 Å². The Morgan fingerprint density at radius 2 is 1.92 bits per heavy atom. The van der Waals surface area contributed by atoms with Gasteiger partial charge in [-0.2, -0.15) is 0 Å². The van der Waals surface area contributed by atoms with E-state index in [1.54, 1.807) is 0 Å². The summed E-state index contributed by atoms with van der Waals surface area (Å²) in [7, 11) is 0. The fraction of sp³-hybridized carbons (Fsp3) is 0.611. The molecule has 1 amide bonds. The van der Waals surface area contributed by atoms with Gasteiger partial charge in [0.2, 0.25) is 5.91 Å². The third-order valence-corrected chi connectivity index (χ3v) is 4.16. The molecule has 3 N–H and O–H groups in total. The summed E-state index contributed by atoms with van der Waals surface area (Å²) in [5.74, 6) is 1.75. The number of hydrogen-bond donors (Lipinski definition) is 2. The molecule has 2 unspecified atom stereocenters. The van der Waals surface area contributed by atoms with Crippen molar-refractivity contribution in [2.75, 3.05) is 19.8 Å². The SMILES string of the molecule is CCOc1ccc(CCNC(=O)C2CCC(N)C2)cc1OCC.Cl. The molecule has 1 aliphatic rings. The Kier molecular flexibility index (Phi) is 8.93. The van der Waals surface area contributed by atoms with Crippen molar-refractivity contribution in [1.82, 2.24) is 5.32 Å². The van der Waals surface area contributed by atoms with Crippen LogP contribution in [-0.2, 0) is 11.2 Å². The second kappa shape index (κ2) is 10.4. The smallest absolute Gasteiger partial charge is 0.223 e. The summed E-state index contributed by atoms with van der Waals surface area (Å²) in [6.07, 6.45) is 3.44. The van der Waals surface area contributed by atoms with E-state index in [1.807, 2.05) is 32.0 Å². The molecule has 0 heterocycles. The fourth-order valence-electron chi connectivity index (χ4n) is 2.98. The summed E-state index contributed by atoms with van der Waals surface area (Å²) in [4.78, 5) is 12.1. The molecular formula is C18H29ClN2O3. The number of carbonyl (C=O) groups is 1. The van der Waals surface area contributed by atoms with Crippen LogP contribution >= 0.6 is 12.4 Å². The normalized spacial score (nSPS) is 19.5. The van der Waals surface area contributed by atoms with Gasteiger partial charge in [0.15, 0.2) is 11.5 Å². The number of nitrogens with two attached hydrogens (primary N) is 1. The van der Waals surface area contributed by atoms with E-state index in [2.05, 4.69) is 5.32 Å². The van der Waals surface area contributed by atoms with Crippen LogP contribution in [0.1, 0.15) is 38.7 Å². The number of rotatable bonds is 8. The van der Waals surface area contributed by atoms with Crippen molar-refractivity contribution < 1.29 is 14.3 Å². The highest BCUT2D eigenvalue weighted by molar-refractivity contribution is 5.85. The molecule has 0 bridgehead atoms. The molecule has 2 atom stereocenters. The highest BCUT2D eigenvalue weighted by Gasteiger charge is 2.27. The van der Waals surface area contributed by atoms with Gasteiger partial charge in [0.25, 0.3) is 0 Å². The Hall–Kier alpha value is -1.46. The summed E-state index contributed by atoms with van der Waals surface area (Å²) < 4.78 is 11.2. The highest BCUT2D eigenvalue weighted by atomic mass is 35.5. The fourth-order valence-corrected chi connectivity index (χ4v) is 2.98. The zero-order valence-corrected chi connectivity index (χ0v) is 15.4. The summed E-state index contributed by atoms with van der Waals surface area (Å²) >= 11 is 0. The van der Waals surface area contributed by atoms with Crippen molar-refractivity contribution in [2.45, 2.75) is 45.6 Å². The van der Waals surface area contributed by atoms with E-state index in [9.17, 15) is 4.79 Å². The first-order valence-corrected chi connectivity index (χ1v) is 8.55. The molecule has 0 spiro atoms. The van der Waals surface area contributed by atoms with Crippen LogP contribution in [0.5, 0.6) is 11.5 Å². The second-order valence-corrected chi connectivity index (χ2v) is 5.96. The van der Waals surface area contributed by atoms with Crippen LogP contribution in [0.3, 0.4) is 0 Å². The maximum Gasteiger partial charge on any atom is 0.223 e. The Balaban J connectivity index is 0.00000288. The van der Waals surface area contributed by atoms with Gasteiger partial charge in [-0.3, -0.25) is 4.79 Å². The zero-order chi connectivity index (χ0) is 16.7. The first-order chi connectivity index (χ1) is 11.1. The predicted molar refractivity (Wildman–Crippen MR) is 98.1 cm³/mol. The standard InChI is InChI=1S/C18H28N2O3.ClH/c1-3-22-16-8-5-13(11-17(16)23-4-2)9-10-20-18(21)14-6-7-15(19)12-14;/h5,8,11,14-15H,3-4,6-7,9-10,12,19H2,1-2H3,(H,20,21);1H. The van der Waals surface area contributed by atoms with Crippen molar-refractivity contribution in [1.29, 1.82) is 0 Å². The maximum absolute atomic E-state index is 12.1. The van der Waals surface area contributed by atoms with Gasteiger partial charge < -0.3 is 20.5 Å². The van der Waals surface area contributed by atoms with Gasteiger partial charge >= 0.3 is 0 Å². The lowest BCUT2D eigenvalue weighted by molar-refractivity contribution is -0.124. The van der Waals surface area contributed by atoms with E-state index in [0.29, 0.717) is 19.8 Å². The van der Waals surface area contributed by atoms with Gasteiger partial charge in [-0.15, -0.1) is 12.4 Å². The number of amides is 1. The average molecular weight is 357 g/mol. The molecule has 1 aliphatic carbocycles. The van der Waals surface area contributed by atoms with Gasteiger partial charge in [0.1, 0.15) is 0 Å². The minimum absolute atomic E-state index is 0. The topological polar surface area (TPSA) is 73.6 Å². The van der Waals surface area contributed by atoms with E-state index in [4.69, 9.17) is 15.2 Å². The number of nitrogens with one attached hydrogen (secondary N) is 1. The lowest BCUT2D eigenvalue weighted by Crippen LogP contribution is -2.31. The molecule has 0 aromatic heterocycles. The minimum Gasteiger partial charge on any atom is -0.490 e. The molecule has 24 heavy (non-hydrogen) atoms. The summed E-state index contributed by atoms with van der Waals surface area (Å²) in [5.41, 5.74) is 6.99. The van der Waals surface area contributed by atoms with Crippen LogP contribution in [0.2, 0.25) is 0 Å². The Morgan fingerprint density at radius 1 is 1.21 bits per heavy atom. The lowest BCUT2D eigenvalue weighted by Gasteiger charge is -2.13. The van der Waals surface area contributed by atoms with Crippen LogP contribution in [0, 0.1) is 5.92 Å². The highest BCUT2D eigenvalue weighted by Crippen LogP contribution is 2.28. The number of halogens is 1. The van der Waals surface area contributed by atoms with Gasteiger partial charge in [0.05, 0.1) is 13.2 Å². The van der Waals surface area contributed by atoms with Crippen molar-refractivity contribution in [3.05, 3.63) is 23.8 Å². The Bertz CT molecular complexity index is 525. The Labute approximate surface area is 150 Å². The molecule has 2 rings (SSSR count). The molecular weight excluding hydrogens is 328 g/mol. The maximum atomic E-state index is 12.1. The summed E-state index contributed by atoms with van der Waals surface area (Å²) in [6.45, 7) is 5.74. The molecule has 0 radical (unpaired) electrons. The zero-order valence-electron chi connectivity index (χ0n) is 14.5. The average Bonchev–Trinajstić information content (AvgIpc) is 2.97. The molecule has 1 fully saturated rings. The number of benzene rings is 1. The lowest BCUT2D eigenvalue weighted by atomic mass is 10.1. The van der Waals surface area contributed by atoms with E-state index >= 15 is 0 Å². The van der Waals surface area contributed by atoms with E-state index < -0.39 is 0 Å². The summed E-state index contributed by atoms with van der Waals surface area (Å²) in [6, 6.07) is 6.13. The third kappa shape index (κ3) is 5.87. The molecule has 0 saturated heterocycles. The van der Waals surface area contributed by atoms with Crippen molar-refractivity contribution in [3.8, 4) is 11.5 Å². The van der Waals surface area contributed by atoms with Crippen molar-refractivity contribution in [3.63, 3.8) is 0 Å². The molecule has 6 heteroatoms. The van der Waals surface area contributed by atoms with E-state index in [1.165, 1.54) is 0 Å².